The molecule has 256 valence electrons. The minimum absolute atomic E-state index is 0.103. The van der Waals surface area contributed by atoms with Gasteiger partial charge in [-0.05, 0) is 60.0 Å². The molecular weight excluding hydrogens is 638 g/mol. The van der Waals surface area contributed by atoms with E-state index in [1.54, 1.807) is 24.4 Å². The predicted molar refractivity (Wildman–Crippen MR) is 173 cm³/mol. The fourth-order valence-corrected chi connectivity index (χ4v) is 6.66. The third kappa shape index (κ3) is 6.61. The third-order valence-corrected chi connectivity index (χ3v) is 9.18. The monoisotopic (exact) mass is 672 g/mol. The Morgan fingerprint density at radius 1 is 0.918 bits per heavy atom. The molecule has 2 aromatic carbocycles. The smallest absolute Gasteiger partial charge is 0.336 e. The number of ether oxygens (including phenoxy) is 3. The van der Waals surface area contributed by atoms with Gasteiger partial charge in [-0.3, -0.25) is 9.59 Å². The number of aliphatic hydroxyl groups is 1. The lowest BCUT2D eigenvalue weighted by Gasteiger charge is -2.50. The average molecular weight is 673 g/mol. The maximum absolute atomic E-state index is 14.2. The number of aromatic hydroxyl groups is 4. The first-order valence-corrected chi connectivity index (χ1v) is 15.5. The Balaban J connectivity index is 1.29. The SMILES string of the molecule is O=C(C=Cc1ccc(O)c(O)c1)COC1(C(=O)O)CC(O)C2OCCC3c4cc[n-]c4C=CC3(C(=O)C=Cc3ccc(O)c(O)c3)OC2C1. The number of hydrogen-bond donors (Lipinski definition) is 6. The Labute approximate surface area is 280 Å². The van der Waals surface area contributed by atoms with Crippen LogP contribution in [0.3, 0.4) is 0 Å². The summed E-state index contributed by atoms with van der Waals surface area (Å²) in [7, 11) is 0. The lowest BCUT2D eigenvalue weighted by Crippen LogP contribution is -2.63. The van der Waals surface area contributed by atoms with E-state index in [2.05, 4.69) is 4.98 Å². The van der Waals surface area contributed by atoms with Crippen molar-refractivity contribution < 1.29 is 59.2 Å². The van der Waals surface area contributed by atoms with Gasteiger partial charge < -0.3 is 49.8 Å². The summed E-state index contributed by atoms with van der Waals surface area (Å²) in [6.45, 7) is -0.568. The van der Waals surface area contributed by atoms with Crippen LogP contribution < -0.4 is 4.98 Å². The molecule has 2 heterocycles. The van der Waals surface area contributed by atoms with Gasteiger partial charge in [0.2, 0.25) is 0 Å². The van der Waals surface area contributed by atoms with Crippen molar-refractivity contribution in [3.8, 4) is 23.0 Å². The number of benzene rings is 2. The second-order valence-corrected chi connectivity index (χ2v) is 12.3. The van der Waals surface area contributed by atoms with E-state index in [4.69, 9.17) is 14.2 Å². The molecule has 6 atom stereocenters. The van der Waals surface area contributed by atoms with Gasteiger partial charge in [-0.2, -0.15) is 6.20 Å². The van der Waals surface area contributed by atoms with E-state index >= 15 is 0 Å². The van der Waals surface area contributed by atoms with E-state index in [1.165, 1.54) is 54.6 Å². The summed E-state index contributed by atoms with van der Waals surface area (Å²) < 4.78 is 18.5. The minimum atomic E-state index is -2.09. The number of phenols is 4. The molecule has 49 heavy (non-hydrogen) atoms. The molecule has 2 aliphatic carbocycles. The molecule has 0 bridgehead atoms. The average Bonchev–Trinajstić information content (AvgIpc) is 3.54. The molecule has 0 spiro atoms. The highest BCUT2D eigenvalue weighted by Gasteiger charge is 2.57. The lowest BCUT2D eigenvalue weighted by atomic mass is 9.72. The quantitative estimate of drug-likeness (QED) is 0.143. The number of hydrogen-bond acceptors (Lipinski definition) is 11. The molecule has 13 heteroatoms. The fraction of sp³-hybridized carbons (Fsp3) is 0.306. The zero-order chi connectivity index (χ0) is 34.9. The number of nitrogens with zero attached hydrogens (tertiary/aromatic N) is 1. The number of aromatic nitrogens is 1. The number of carboxylic acids is 1. The molecule has 6 rings (SSSR count). The van der Waals surface area contributed by atoms with Crippen molar-refractivity contribution >= 4 is 35.8 Å². The number of carbonyl (C=O) groups is 3. The summed E-state index contributed by atoms with van der Waals surface area (Å²) in [5, 5.41) is 60.5. The van der Waals surface area contributed by atoms with Crippen LogP contribution in [0.1, 0.15) is 47.6 Å². The number of ketones is 2. The van der Waals surface area contributed by atoms with Crippen LogP contribution in [0.15, 0.2) is 66.9 Å². The maximum Gasteiger partial charge on any atom is 0.336 e. The van der Waals surface area contributed by atoms with Crippen molar-refractivity contribution in [3.05, 3.63) is 89.3 Å². The predicted octanol–water partition coefficient (Wildman–Crippen LogP) is 3.05. The third-order valence-electron chi connectivity index (χ3n) is 9.18. The van der Waals surface area contributed by atoms with E-state index in [-0.39, 0.29) is 36.0 Å². The molecule has 13 nitrogen and oxygen atoms in total. The molecule has 2 fully saturated rings. The van der Waals surface area contributed by atoms with E-state index in [1.807, 2.05) is 0 Å². The molecule has 6 unspecified atom stereocenters. The molecule has 1 saturated heterocycles. The number of fused-ring (bicyclic) bond motifs is 4. The molecule has 3 aliphatic rings. The number of aliphatic carboxylic acids is 1. The maximum atomic E-state index is 14.2. The second kappa shape index (κ2) is 13.4. The summed E-state index contributed by atoms with van der Waals surface area (Å²) in [5.74, 6) is -4.56. The van der Waals surface area contributed by atoms with Crippen molar-refractivity contribution in [2.24, 2.45) is 0 Å². The Hall–Kier alpha value is -5.21. The summed E-state index contributed by atoms with van der Waals surface area (Å²) in [4.78, 5) is 44.2. The van der Waals surface area contributed by atoms with Gasteiger partial charge in [0.1, 0.15) is 12.7 Å². The lowest BCUT2D eigenvalue weighted by molar-refractivity contribution is -0.237. The van der Waals surface area contributed by atoms with Crippen molar-refractivity contribution in [2.75, 3.05) is 13.2 Å². The molecule has 3 aromatic rings. The van der Waals surface area contributed by atoms with Gasteiger partial charge in [-0.15, -0.1) is 5.69 Å². The van der Waals surface area contributed by atoms with Crippen molar-refractivity contribution in [2.45, 2.75) is 54.7 Å². The summed E-state index contributed by atoms with van der Waals surface area (Å²) >= 11 is 0. The Morgan fingerprint density at radius 2 is 1.59 bits per heavy atom. The highest BCUT2D eigenvalue weighted by molar-refractivity contribution is 6.03. The number of aliphatic hydroxyl groups excluding tert-OH is 1. The van der Waals surface area contributed by atoms with Gasteiger partial charge in [0.15, 0.2) is 45.8 Å². The number of carboxylic acid groups (broad SMARTS) is 1. The van der Waals surface area contributed by atoms with Crippen molar-refractivity contribution in [1.82, 2.24) is 4.98 Å². The zero-order valence-corrected chi connectivity index (χ0v) is 26.0. The van der Waals surface area contributed by atoms with Crippen LogP contribution >= 0.6 is 0 Å². The van der Waals surface area contributed by atoms with Crippen LogP contribution in [0, 0.1) is 0 Å². The fourth-order valence-electron chi connectivity index (χ4n) is 6.66. The molecular formula is C36H34NO12-. The van der Waals surface area contributed by atoms with Gasteiger partial charge in [-0.1, -0.05) is 42.0 Å². The molecule has 6 N–H and O–H groups in total. The second-order valence-electron chi connectivity index (χ2n) is 12.3. The van der Waals surface area contributed by atoms with Crippen LogP contribution in [0.25, 0.3) is 18.2 Å². The van der Waals surface area contributed by atoms with Crippen LogP contribution in [-0.2, 0) is 28.6 Å². The van der Waals surface area contributed by atoms with E-state index in [0.29, 0.717) is 23.2 Å². The van der Waals surface area contributed by atoms with Gasteiger partial charge >= 0.3 is 5.97 Å². The van der Waals surface area contributed by atoms with Gasteiger partial charge in [0.05, 0.1) is 12.2 Å². The van der Waals surface area contributed by atoms with Crippen molar-refractivity contribution in [3.63, 3.8) is 0 Å². The molecule has 1 aliphatic heterocycles. The topological polar surface area (TPSA) is 214 Å². The summed E-state index contributed by atoms with van der Waals surface area (Å²) in [6.07, 6.45) is 5.98. The largest absolute Gasteiger partial charge is 0.664 e. The van der Waals surface area contributed by atoms with Gasteiger partial charge in [-0.25, -0.2) is 4.79 Å². The highest BCUT2D eigenvalue weighted by Crippen LogP contribution is 2.47. The van der Waals surface area contributed by atoms with E-state index in [0.717, 1.165) is 11.6 Å². The Kier molecular flexibility index (Phi) is 9.18. The summed E-state index contributed by atoms with van der Waals surface area (Å²) in [5.41, 5.74) is -1.58. The molecule has 1 aromatic heterocycles. The number of phenolic OH excluding ortho intramolecular Hbond substituents is 4. The van der Waals surface area contributed by atoms with Crippen molar-refractivity contribution in [1.29, 1.82) is 0 Å². The van der Waals surface area contributed by atoms with Gasteiger partial charge in [0.25, 0.3) is 0 Å². The molecule has 1 saturated carbocycles. The zero-order valence-electron chi connectivity index (χ0n) is 26.0. The van der Waals surface area contributed by atoms with Crippen LogP contribution in [0.5, 0.6) is 23.0 Å². The normalized spacial score (nSPS) is 27.9. The highest BCUT2D eigenvalue weighted by atomic mass is 16.6. The van der Waals surface area contributed by atoms with Crippen LogP contribution in [0.2, 0.25) is 0 Å². The number of carbonyl (C=O) groups excluding carboxylic acids is 2. The van der Waals surface area contributed by atoms with Crippen LogP contribution in [-0.4, -0.2) is 90.9 Å². The first-order valence-electron chi connectivity index (χ1n) is 15.5. The van der Waals surface area contributed by atoms with Crippen LogP contribution in [0.4, 0.5) is 0 Å². The Morgan fingerprint density at radius 3 is 2.24 bits per heavy atom. The first-order chi connectivity index (χ1) is 23.4. The molecule has 0 radical (unpaired) electrons. The summed E-state index contributed by atoms with van der Waals surface area (Å²) in [6, 6.07) is 9.80. The minimum Gasteiger partial charge on any atom is -0.664 e. The molecule has 0 amide bonds. The van der Waals surface area contributed by atoms with Gasteiger partial charge in [0, 0.05) is 25.4 Å². The van der Waals surface area contributed by atoms with E-state index < -0.39 is 66.0 Å². The Bertz CT molecular complexity index is 1860. The standard InChI is InChI=1S/C36H34NO12/c38-22(5-1-20-2-6-26(39)28(41)15-20)19-48-35(34(45)46)17-30(43)33-31(18-35)49-36(32(44)8-4-21-3-7-27(40)29(42)16-21)12-9-25-23(10-13-37-25)24(36)11-14-47-33/h1-10,12-13,15-16,24,30-31,33,41-43H,11,14,17-19H2,(H,38,39)(H,40,44)(H,45,46)/q-1. The van der Waals surface area contributed by atoms with E-state index in [9.17, 15) is 45.0 Å². The number of rotatable bonds is 9. The first kappa shape index (κ1) is 33.7.